The maximum absolute atomic E-state index is 11.5. The van der Waals surface area contributed by atoms with Crippen molar-refractivity contribution in [1.29, 1.82) is 0 Å². The van der Waals surface area contributed by atoms with Crippen molar-refractivity contribution in [2.75, 3.05) is 6.26 Å². The molecule has 0 aliphatic carbocycles. The summed E-state index contributed by atoms with van der Waals surface area (Å²) in [6.45, 7) is 1.97. The molecule has 0 unspecified atom stereocenters. The van der Waals surface area contributed by atoms with Gasteiger partial charge in [-0.1, -0.05) is 23.4 Å². The number of rotatable bonds is 3. The minimum absolute atomic E-state index is 0.263. The lowest BCUT2D eigenvalue weighted by molar-refractivity contribution is 0.432. The Hall–Kier alpha value is -2.47. The van der Waals surface area contributed by atoms with E-state index in [1.54, 1.807) is 12.1 Å². The molecule has 2 aromatic carbocycles. The highest BCUT2D eigenvalue weighted by Gasteiger charge is 2.13. The molecule has 0 saturated heterocycles. The first kappa shape index (κ1) is 14.5. The lowest BCUT2D eigenvalue weighted by atomic mass is 10.1. The molecule has 0 N–H and O–H groups in total. The highest BCUT2D eigenvalue weighted by Crippen LogP contribution is 2.25. The number of sulfone groups is 1. The van der Waals surface area contributed by atoms with Gasteiger partial charge in [0.2, 0.25) is 5.82 Å². The van der Waals surface area contributed by atoms with Crippen LogP contribution >= 0.6 is 0 Å². The molecule has 0 fully saturated rings. The second-order valence-electron chi connectivity index (χ2n) is 5.03. The molecule has 1 heterocycles. The molecule has 0 aliphatic rings. The number of aromatic nitrogens is 2. The molecule has 6 heteroatoms. The van der Waals surface area contributed by atoms with Gasteiger partial charge in [0, 0.05) is 17.4 Å². The molecule has 1 aromatic heterocycles. The van der Waals surface area contributed by atoms with Gasteiger partial charge in [-0.2, -0.15) is 4.98 Å². The zero-order valence-electron chi connectivity index (χ0n) is 12.1. The number of hydrogen-bond donors (Lipinski definition) is 0. The van der Waals surface area contributed by atoms with E-state index in [4.69, 9.17) is 4.52 Å². The Morgan fingerprint density at radius 3 is 2.32 bits per heavy atom. The van der Waals surface area contributed by atoms with Crippen molar-refractivity contribution < 1.29 is 12.9 Å². The van der Waals surface area contributed by atoms with Crippen molar-refractivity contribution in [1.82, 2.24) is 10.1 Å². The van der Waals surface area contributed by atoms with Crippen LogP contribution in [0, 0.1) is 6.92 Å². The summed E-state index contributed by atoms with van der Waals surface area (Å²) in [5.41, 5.74) is 2.63. The maximum atomic E-state index is 11.5. The van der Waals surface area contributed by atoms with Crippen molar-refractivity contribution in [3.05, 3.63) is 54.1 Å². The topological polar surface area (TPSA) is 73.1 Å². The first-order valence-electron chi connectivity index (χ1n) is 6.65. The first-order valence-corrected chi connectivity index (χ1v) is 8.54. The van der Waals surface area contributed by atoms with Gasteiger partial charge < -0.3 is 4.52 Å². The Morgan fingerprint density at radius 1 is 1.00 bits per heavy atom. The van der Waals surface area contributed by atoms with Crippen LogP contribution in [0.15, 0.2) is 57.9 Å². The average molecular weight is 314 g/mol. The van der Waals surface area contributed by atoms with Crippen molar-refractivity contribution in [2.45, 2.75) is 11.8 Å². The van der Waals surface area contributed by atoms with Crippen LogP contribution < -0.4 is 0 Å². The van der Waals surface area contributed by atoms with Gasteiger partial charge in [0.1, 0.15) is 0 Å². The molecule has 112 valence electrons. The normalized spacial score (nSPS) is 11.5. The number of benzene rings is 2. The third-order valence-corrected chi connectivity index (χ3v) is 4.47. The van der Waals surface area contributed by atoms with Gasteiger partial charge in [0.15, 0.2) is 9.84 Å². The molecule has 0 saturated carbocycles. The number of hydrogen-bond acceptors (Lipinski definition) is 5. The molecular weight excluding hydrogens is 300 g/mol. The third-order valence-electron chi connectivity index (χ3n) is 3.34. The summed E-state index contributed by atoms with van der Waals surface area (Å²) >= 11 is 0. The van der Waals surface area contributed by atoms with Crippen molar-refractivity contribution in [3.63, 3.8) is 0 Å². The van der Waals surface area contributed by atoms with Gasteiger partial charge in [0.05, 0.1) is 4.90 Å². The van der Waals surface area contributed by atoms with Crippen LogP contribution in [0.3, 0.4) is 0 Å². The quantitative estimate of drug-likeness (QED) is 0.742. The highest BCUT2D eigenvalue weighted by molar-refractivity contribution is 7.90. The largest absolute Gasteiger partial charge is 0.334 e. The van der Waals surface area contributed by atoms with Crippen LogP contribution in [0.5, 0.6) is 0 Å². The Morgan fingerprint density at radius 2 is 1.68 bits per heavy atom. The molecule has 3 aromatic rings. The van der Waals surface area contributed by atoms with Gasteiger partial charge in [-0.3, -0.25) is 0 Å². The van der Waals surface area contributed by atoms with E-state index >= 15 is 0 Å². The maximum Gasteiger partial charge on any atom is 0.258 e. The molecular formula is C16H14N2O3S. The molecule has 3 rings (SSSR count). The molecule has 0 radical (unpaired) electrons. The SMILES string of the molecule is Cc1ccccc1-c1nc(-c2ccc(S(C)(=O)=O)cc2)no1. The molecule has 5 nitrogen and oxygen atoms in total. The van der Waals surface area contributed by atoms with Crippen LogP contribution in [0.25, 0.3) is 22.8 Å². The van der Waals surface area contributed by atoms with E-state index in [2.05, 4.69) is 10.1 Å². The van der Waals surface area contributed by atoms with E-state index in [1.165, 1.54) is 18.4 Å². The lowest BCUT2D eigenvalue weighted by Gasteiger charge is -1.99. The zero-order chi connectivity index (χ0) is 15.7. The van der Waals surface area contributed by atoms with Crippen LogP contribution in [-0.4, -0.2) is 24.8 Å². The van der Waals surface area contributed by atoms with E-state index in [9.17, 15) is 8.42 Å². The van der Waals surface area contributed by atoms with Gasteiger partial charge >= 0.3 is 0 Å². The Labute approximate surface area is 128 Å². The van der Waals surface area contributed by atoms with Gasteiger partial charge in [-0.05, 0) is 42.8 Å². The van der Waals surface area contributed by atoms with Crippen molar-refractivity contribution in [2.24, 2.45) is 0 Å². The van der Waals surface area contributed by atoms with E-state index in [1.807, 2.05) is 31.2 Å². The van der Waals surface area contributed by atoms with Gasteiger partial charge in [-0.25, -0.2) is 8.42 Å². The number of nitrogens with zero attached hydrogens (tertiary/aromatic N) is 2. The molecule has 0 aliphatic heterocycles. The first-order chi connectivity index (χ1) is 10.4. The van der Waals surface area contributed by atoms with Gasteiger partial charge in [-0.15, -0.1) is 0 Å². The van der Waals surface area contributed by atoms with Crippen LogP contribution in [-0.2, 0) is 9.84 Å². The fourth-order valence-electron chi connectivity index (χ4n) is 2.11. The summed E-state index contributed by atoms with van der Waals surface area (Å²) in [7, 11) is -3.21. The summed E-state index contributed by atoms with van der Waals surface area (Å²) in [5, 5.41) is 3.96. The van der Waals surface area contributed by atoms with Crippen LogP contribution in [0.4, 0.5) is 0 Å². The predicted octanol–water partition coefficient (Wildman–Crippen LogP) is 3.12. The van der Waals surface area contributed by atoms with Crippen molar-refractivity contribution in [3.8, 4) is 22.8 Å². The fourth-order valence-corrected chi connectivity index (χ4v) is 2.74. The molecule has 0 bridgehead atoms. The average Bonchev–Trinajstić information content (AvgIpc) is 2.96. The molecule has 0 spiro atoms. The summed E-state index contributed by atoms with van der Waals surface area (Å²) < 4.78 is 28.2. The molecule has 0 amide bonds. The van der Waals surface area contributed by atoms with Gasteiger partial charge in [0.25, 0.3) is 5.89 Å². The van der Waals surface area contributed by atoms with Crippen LogP contribution in [0.1, 0.15) is 5.56 Å². The van der Waals surface area contributed by atoms with Crippen molar-refractivity contribution >= 4 is 9.84 Å². The second-order valence-corrected chi connectivity index (χ2v) is 7.05. The smallest absolute Gasteiger partial charge is 0.258 e. The fraction of sp³-hybridized carbons (Fsp3) is 0.125. The zero-order valence-corrected chi connectivity index (χ0v) is 13.0. The van der Waals surface area contributed by atoms with E-state index in [0.29, 0.717) is 17.3 Å². The highest BCUT2D eigenvalue weighted by atomic mass is 32.2. The Bertz CT molecular complexity index is 913. The third kappa shape index (κ3) is 2.78. The standard InChI is InChI=1S/C16H14N2O3S/c1-11-5-3-4-6-14(11)16-17-15(18-21-16)12-7-9-13(10-8-12)22(2,19)20/h3-10H,1-2H3. The van der Waals surface area contributed by atoms with E-state index in [0.717, 1.165) is 11.1 Å². The number of aryl methyl sites for hydroxylation is 1. The molecule has 22 heavy (non-hydrogen) atoms. The predicted molar refractivity (Wildman–Crippen MR) is 83.0 cm³/mol. The lowest BCUT2D eigenvalue weighted by Crippen LogP contribution is -1.96. The van der Waals surface area contributed by atoms with E-state index < -0.39 is 9.84 Å². The summed E-state index contributed by atoms with van der Waals surface area (Å²) in [6, 6.07) is 14.2. The second kappa shape index (κ2) is 5.38. The summed E-state index contributed by atoms with van der Waals surface area (Å²) in [5.74, 6) is 0.874. The molecule has 0 atom stereocenters. The monoisotopic (exact) mass is 314 g/mol. The minimum Gasteiger partial charge on any atom is -0.334 e. The van der Waals surface area contributed by atoms with E-state index in [-0.39, 0.29) is 4.90 Å². The summed E-state index contributed by atoms with van der Waals surface area (Å²) in [4.78, 5) is 4.64. The minimum atomic E-state index is -3.21. The Balaban J connectivity index is 1.96. The Kier molecular flexibility index (Phi) is 3.54. The summed E-state index contributed by atoms with van der Waals surface area (Å²) in [6.07, 6.45) is 1.17. The van der Waals surface area contributed by atoms with Crippen LogP contribution in [0.2, 0.25) is 0 Å².